The lowest BCUT2D eigenvalue weighted by atomic mass is 9.98. The summed E-state index contributed by atoms with van der Waals surface area (Å²) in [6, 6.07) is 0. The zero-order valence-corrected chi connectivity index (χ0v) is 11.5. The molecule has 0 aliphatic heterocycles. The Bertz CT molecular complexity index is 225. The molecule has 0 heterocycles. The molecule has 4 nitrogen and oxygen atoms in total. The highest BCUT2D eigenvalue weighted by Crippen LogP contribution is 2.30. The Morgan fingerprint density at radius 1 is 1.41 bits per heavy atom. The summed E-state index contributed by atoms with van der Waals surface area (Å²) in [5, 5.41) is 6.32. The van der Waals surface area contributed by atoms with Gasteiger partial charge in [0.25, 0.3) is 0 Å². The Kier molecular flexibility index (Phi) is 7.01. The van der Waals surface area contributed by atoms with E-state index in [1.165, 1.54) is 25.7 Å². The SMILES string of the molecule is CCOC(CCNC(=NC)NC)C1CCCC1. The van der Waals surface area contributed by atoms with Gasteiger partial charge in [-0.2, -0.15) is 0 Å². The van der Waals surface area contributed by atoms with Gasteiger partial charge in [0.1, 0.15) is 0 Å². The van der Waals surface area contributed by atoms with Crippen LogP contribution in [0.1, 0.15) is 39.0 Å². The van der Waals surface area contributed by atoms with Crippen LogP contribution < -0.4 is 10.6 Å². The van der Waals surface area contributed by atoms with Crippen LogP contribution in [0, 0.1) is 5.92 Å². The number of nitrogens with one attached hydrogen (secondary N) is 2. The van der Waals surface area contributed by atoms with E-state index in [4.69, 9.17) is 4.74 Å². The summed E-state index contributed by atoms with van der Waals surface area (Å²) in [6.07, 6.45) is 6.92. The van der Waals surface area contributed by atoms with Crippen molar-refractivity contribution in [2.24, 2.45) is 10.9 Å². The molecule has 0 radical (unpaired) electrons. The van der Waals surface area contributed by atoms with E-state index in [-0.39, 0.29) is 0 Å². The fourth-order valence-electron chi connectivity index (χ4n) is 2.61. The molecule has 4 heteroatoms. The lowest BCUT2D eigenvalue weighted by Crippen LogP contribution is -2.37. The lowest BCUT2D eigenvalue weighted by molar-refractivity contribution is 0.0169. The summed E-state index contributed by atoms with van der Waals surface area (Å²) in [6.45, 7) is 3.83. The van der Waals surface area contributed by atoms with E-state index in [9.17, 15) is 0 Å². The summed E-state index contributed by atoms with van der Waals surface area (Å²) in [5.41, 5.74) is 0. The third kappa shape index (κ3) is 4.94. The molecule has 0 saturated heterocycles. The van der Waals surface area contributed by atoms with E-state index in [2.05, 4.69) is 22.5 Å². The van der Waals surface area contributed by atoms with Gasteiger partial charge in [0.2, 0.25) is 0 Å². The summed E-state index contributed by atoms with van der Waals surface area (Å²) >= 11 is 0. The van der Waals surface area contributed by atoms with Crippen molar-refractivity contribution < 1.29 is 4.74 Å². The molecule has 0 aromatic carbocycles. The minimum Gasteiger partial charge on any atom is -0.378 e. The highest BCUT2D eigenvalue weighted by molar-refractivity contribution is 5.79. The van der Waals surface area contributed by atoms with Crippen LogP contribution in [0.25, 0.3) is 0 Å². The summed E-state index contributed by atoms with van der Waals surface area (Å²) in [5.74, 6) is 1.63. The molecule has 1 rings (SSSR count). The fraction of sp³-hybridized carbons (Fsp3) is 0.923. The predicted octanol–water partition coefficient (Wildman–Crippen LogP) is 1.77. The van der Waals surface area contributed by atoms with E-state index < -0.39 is 0 Å². The standard InChI is InChI=1S/C13H27N3O/c1-4-17-12(11-7-5-6-8-11)9-10-16-13(14-2)15-3/h11-12H,4-10H2,1-3H3,(H2,14,15,16). The monoisotopic (exact) mass is 241 g/mol. The molecular formula is C13H27N3O. The molecule has 100 valence electrons. The second-order valence-electron chi connectivity index (χ2n) is 4.58. The first-order valence-electron chi connectivity index (χ1n) is 6.81. The number of aliphatic imine (C=N–C) groups is 1. The molecule has 1 fully saturated rings. The summed E-state index contributed by atoms with van der Waals surface area (Å²) in [7, 11) is 3.67. The minimum atomic E-state index is 0.421. The number of nitrogens with zero attached hydrogens (tertiary/aromatic N) is 1. The number of hydrogen-bond acceptors (Lipinski definition) is 2. The number of ether oxygens (including phenoxy) is 1. The van der Waals surface area contributed by atoms with Crippen molar-refractivity contribution in [2.75, 3.05) is 27.2 Å². The van der Waals surface area contributed by atoms with Crippen LogP contribution in [-0.4, -0.2) is 39.3 Å². The van der Waals surface area contributed by atoms with Crippen LogP contribution in [0.3, 0.4) is 0 Å². The number of rotatable bonds is 6. The van der Waals surface area contributed by atoms with Crippen molar-refractivity contribution in [3.8, 4) is 0 Å². The summed E-state index contributed by atoms with van der Waals surface area (Å²) in [4.78, 5) is 4.10. The maximum absolute atomic E-state index is 5.87. The van der Waals surface area contributed by atoms with E-state index >= 15 is 0 Å². The Labute approximate surface area is 105 Å². The van der Waals surface area contributed by atoms with Crippen LogP contribution >= 0.6 is 0 Å². The molecule has 1 saturated carbocycles. The molecule has 1 aliphatic rings. The van der Waals surface area contributed by atoms with E-state index in [1.54, 1.807) is 7.05 Å². The average molecular weight is 241 g/mol. The normalized spacial score (nSPS) is 19.4. The van der Waals surface area contributed by atoms with Crippen molar-refractivity contribution >= 4 is 5.96 Å². The largest absolute Gasteiger partial charge is 0.378 e. The molecule has 17 heavy (non-hydrogen) atoms. The zero-order valence-electron chi connectivity index (χ0n) is 11.5. The average Bonchev–Trinajstić information content (AvgIpc) is 2.87. The van der Waals surface area contributed by atoms with Gasteiger partial charge in [-0.05, 0) is 32.1 Å². The van der Waals surface area contributed by atoms with E-state index in [0.29, 0.717) is 6.10 Å². The smallest absolute Gasteiger partial charge is 0.190 e. The quantitative estimate of drug-likeness (QED) is 0.550. The first-order chi connectivity index (χ1) is 8.31. The van der Waals surface area contributed by atoms with Gasteiger partial charge in [-0.15, -0.1) is 0 Å². The Morgan fingerprint density at radius 2 is 2.12 bits per heavy atom. The number of hydrogen-bond donors (Lipinski definition) is 2. The summed E-state index contributed by atoms with van der Waals surface area (Å²) < 4.78 is 5.87. The van der Waals surface area contributed by atoms with Crippen LogP contribution in [0.2, 0.25) is 0 Å². The van der Waals surface area contributed by atoms with E-state index in [1.807, 2.05) is 7.05 Å². The molecule has 0 aromatic rings. The second kappa shape index (κ2) is 8.34. The third-order valence-electron chi connectivity index (χ3n) is 3.49. The van der Waals surface area contributed by atoms with Gasteiger partial charge >= 0.3 is 0 Å². The molecule has 0 spiro atoms. The maximum Gasteiger partial charge on any atom is 0.190 e. The van der Waals surface area contributed by atoms with Gasteiger partial charge in [0.15, 0.2) is 5.96 Å². The third-order valence-corrected chi connectivity index (χ3v) is 3.49. The van der Waals surface area contributed by atoms with Crippen molar-refractivity contribution in [3.05, 3.63) is 0 Å². The van der Waals surface area contributed by atoms with Crippen LogP contribution in [0.5, 0.6) is 0 Å². The molecule has 1 unspecified atom stereocenters. The van der Waals surface area contributed by atoms with Crippen LogP contribution in [-0.2, 0) is 4.74 Å². The molecular weight excluding hydrogens is 214 g/mol. The van der Waals surface area contributed by atoms with Crippen molar-refractivity contribution in [1.82, 2.24) is 10.6 Å². The van der Waals surface area contributed by atoms with Gasteiger partial charge in [0.05, 0.1) is 6.10 Å². The predicted molar refractivity (Wildman–Crippen MR) is 72.4 cm³/mol. The lowest BCUT2D eigenvalue weighted by Gasteiger charge is -2.23. The number of guanidine groups is 1. The van der Waals surface area contributed by atoms with E-state index in [0.717, 1.165) is 31.4 Å². The molecule has 0 amide bonds. The Hall–Kier alpha value is -0.770. The maximum atomic E-state index is 5.87. The molecule has 1 atom stereocenters. The van der Waals surface area contributed by atoms with Gasteiger partial charge < -0.3 is 15.4 Å². The minimum absolute atomic E-state index is 0.421. The van der Waals surface area contributed by atoms with Gasteiger partial charge in [-0.3, -0.25) is 4.99 Å². The van der Waals surface area contributed by atoms with Crippen LogP contribution in [0.15, 0.2) is 4.99 Å². The van der Waals surface area contributed by atoms with Crippen molar-refractivity contribution in [3.63, 3.8) is 0 Å². The van der Waals surface area contributed by atoms with Gasteiger partial charge in [-0.1, -0.05) is 12.8 Å². The molecule has 2 N–H and O–H groups in total. The zero-order chi connectivity index (χ0) is 12.5. The first-order valence-corrected chi connectivity index (χ1v) is 6.81. The van der Waals surface area contributed by atoms with Crippen LogP contribution in [0.4, 0.5) is 0 Å². The Morgan fingerprint density at radius 3 is 2.65 bits per heavy atom. The molecule has 0 aromatic heterocycles. The first kappa shape index (κ1) is 14.3. The fourth-order valence-corrected chi connectivity index (χ4v) is 2.61. The Balaban J connectivity index is 2.28. The van der Waals surface area contributed by atoms with Gasteiger partial charge in [-0.25, -0.2) is 0 Å². The topological polar surface area (TPSA) is 45.6 Å². The second-order valence-corrected chi connectivity index (χ2v) is 4.58. The highest BCUT2D eigenvalue weighted by atomic mass is 16.5. The highest BCUT2D eigenvalue weighted by Gasteiger charge is 2.24. The molecule has 1 aliphatic carbocycles. The molecule has 0 bridgehead atoms. The van der Waals surface area contributed by atoms with Crippen molar-refractivity contribution in [1.29, 1.82) is 0 Å². The van der Waals surface area contributed by atoms with Crippen molar-refractivity contribution in [2.45, 2.75) is 45.1 Å². The van der Waals surface area contributed by atoms with Gasteiger partial charge in [0, 0.05) is 27.2 Å².